The molecule has 0 amide bonds. The Kier molecular flexibility index (Phi) is 9.15. The molecule has 8 rings (SSSR count). The van der Waals surface area contributed by atoms with Gasteiger partial charge in [0.05, 0.1) is 0 Å². The predicted molar refractivity (Wildman–Crippen MR) is 227 cm³/mol. The molecule has 52 heavy (non-hydrogen) atoms. The summed E-state index contributed by atoms with van der Waals surface area (Å²) in [6, 6.07) is 49.3. The van der Waals surface area contributed by atoms with Gasteiger partial charge in [0, 0.05) is 0 Å². The molecule has 0 radical (unpaired) electrons. The van der Waals surface area contributed by atoms with E-state index in [1.165, 1.54) is 89.0 Å². The van der Waals surface area contributed by atoms with Crippen LogP contribution in [0.25, 0.3) is 45.6 Å². The van der Waals surface area contributed by atoms with E-state index in [0.717, 1.165) is 0 Å². The summed E-state index contributed by atoms with van der Waals surface area (Å²) >= 11 is -5.17. The van der Waals surface area contributed by atoms with Crippen molar-refractivity contribution >= 4 is 46.2 Å². The molecule has 6 aromatic carbocycles. The molecule has 259 valence electrons. The molecule has 6 aromatic rings. The zero-order valence-corrected chi connectivity index (χ0v) is 36.0. The Morgan fingerprint density at radius 2 is 0.808 bits per heavy atom. The zero-order valence-electron chi connectivity index (χ0n) is 30.8. The Hall–Kier alpha value is -3.52. The van der Waals surface area contributed by atoms with Crippen LogP contribution < -0.4 is 0 Å². The maximum atomic E-state index is 8.94. The van der Waals surface area contributed by atoms with Crippen LogP contribution in [-0.2, 0) is 15.6 Å². The minimum atomic E-state index is -5.17. The van der Waals surface area contributed by atoms with Crippen LogP contribution in [0, 0.1) is 27.7 Å². The average molecular weight is 812 g/mol. The van der Waals surface area contributed by atoms with Crippen molar-refractivity contribution in [1.82, 2.24) is 0 Å². The molecule has 0 spiro atoms. The van der Waals surface area contributed by atoms with Gasteiger partial charge in [0.2, 0.25) is 0 Å². The van der Waals surface area contributed by atoms with Crippen molar-refractivity contribution in [1.29, 1.82) is 0 Å². The van der Waals surface area contributed by atoms with E-state index in [0.29, 0.717) is 0 Å². The van der Waals surface area contributed by atoms with Gasteiger partial charge >= 0.3 is 321 Å². The Bertz CT molecular complexity index is 2220. The van der Waals surface area contributed by atoms with Gasteiger partial charge < -0.3 is 0 Å². The second kappa shape index (κ2) is 13.4. The second-order valence-corrected chi connectivity index (χ2v) is 58.1. The van der Waals surface area contributed by atoms with Crippen molar-refractivity contribution in [3.05, 3.63) is 189 Å². The molecule has 0 nitrogen and oxygen atoms in total. The van der Waals surface area contributed by atoms with E-state index in [-0.39, 0.29) is 7.25 Å². The predicted octanol–water partition coefficient (Wildman–Crippen LogP) is 14.1. The Labute approximate surface area is 318 Å². The van der Waals surface area contributed by atoms with Crippen LogP contribution in [-0.4, -0.2) is 5.92 Å². The molecular formula is C48H45Cl2SiZr. The summed E-state index contributed by atoms with van der Waals surface area (Å²) in [5.41, 5.74) is 20.1. The molecule has 0 aromatic heterocycles. The number of aryl methyl sites for hydroxylation is 4. The molecule has 2 aliphatic rings. The van der Waals surface area contributed by atoms with Crippen LogP contribution in [0.4, 0.5) is 0 Å². The number of hydrogen-bond acceptors (Lipinski definition) is 0. The van der Waals surface area contributed by atoms with Crippen LogP contribution >= 0.6 is 17.0 Å². The number of benzene rings is 6. The first-order chi connectivity index (χ1) is 24.9. The fourth-order valence-electron chi connectivity index (χ4n) is 9.35. The van der Waals surface area contributed by atoms with E-state index in [4.69, 9.17) is 17.0 Å². The molecule has 2 unspecified atom stereocenters. The number of hydrogen-bond donors (Lipinski definition) is 0. The van der Waals surface area contributed by atoms with Gasteiger partial charge in [-0.1, -0.05) is 0 Å². The molecule has 0 aliphatic heterocycles. The summed E-state index contributed by atoms with van der Waals surface area (Å²) in [5.74, 6) is -1.82. The standard InChI is InChI=1S/2C23H19.C2H7Si.2ClH.Zr/c2*1-16-11-17(2)13-21(12-16)22-10-6-9-19-14-20(15-23(19)22)18-7-4-3-5-8-18;1-3-2;;;/h2*3-15H,1-2H3;3H,1-2H3;2*1H;/q;;;;;+2/p-2. The second-order valence-electron chi connectivity index (χ2n) is 15.5. The monoisotopic (exact) mass is 809 g/mol. The van der Waals surface area contributed by atoms with Gasteiger partial charge in [-0.2, -0.15) is 0 Å². The topological polar surface area (TPSA) is 0 Å². The Morgan fingerprint density at radius 1 is 0.442 bits per heavy atom. The molecule has 0 saturated carbocycles. The SMILES string of the molecule is Cc1cc(C)cc(-c2cccc3c2C=C(c2ccccc2)[CH]3[Zr]([Cl])([Cl])([CH]2C(c3ccccc3)=Cc3c(-c4cc(C)cc(C)c4)cccc32)[SiH](C)C)c1. The summed E-state index contributed by atoms with van der Waals surface area (Å²) in [7, 11) is 17.9. The first-order valence-corrected chi connectivity index (χ1v) is 34.8. The van der Waals surface area contributed by atoms with Crippen LogP contribution in [0.1, 0.15) is 62.9 Å². The van der Waals surface area contributed by atoms with Crippen molar-refractivity contribution in [2.45, 2.75) is 48.0 Å². The molecule has 0 heterocycles. The molecule has 0 fully saturated rings. The van der Waals surface area contributed by atoms with Crippen LogP contribution in [0.15, 0.2) is 133 Å². The third kappa shape index (κ3) is 5.82. The van der Waals surface area contributed by atoms with Crippen molar-refractivity contribution < 1.29 is 15.6 Å². The normalized spacial score (nSPS) is 17.3. The Balaban J connectivity index is 1.43. The summed E-state index contributed by atoms with van der Waals surface area (Å²) in [5, 5.41) is 0. The molecule has 0 saturated heterocycles. The van der Waals surface area contributed by atoms with Gasteiger partial charge in [-0.3, -0.25) is 0 Å². The summed E-state index contributed by atoms with van der Waals surface area (Å²) in [4.78, 5) is 0. The Morgan fingerprint density at radius 3 is 1.15 bits per heavy atom. The molecule has 4 heteroatoms. The first kappa shape index (κ1) is 35.5. The molecule has 2 atom stereocenters. The molecule has 2 aliphatic carbocycles. The van der Waals surface area contributed by atoms with Gasteiger partial charge in [0.1, 0.15) is 0 Å². The molecule has 0 bridgehead atoms. The van der Waals surface area contributed by atoms with Crippen molar-refractivity contribution in [2.75, 3.05) is 0 Å². The number of halogens is 2. The maximum absolute atomic E-state index is 8.94. The van der Waals surface area contributed by atoms with E-state index in [1.54, 1.807) is 0 Å². The van der Waals surface area contributed by atoms with Crippen molar-refractivity contribution in [2.24, 2.45) is 0 Å². The first-order valence-electron chi connectivity index (χ1n) is 18.5. The van der Waals surface area contributed by atoms with E-state index in [1.807, 2.05) is 0 Å². The van der Waals surface area contributed by atoms with Gasteiger partial charge in [0.25, 0.3) is 0 Å². The van der Waals surface area contributed by atoms with E-state index < -0.39 is 21.5 Å². The molecular weight excluding hydrogens is 767 g/mol. The van der Waals surface area contributed by atoms with E-state index >= 15 is 0 Å². The number of allylic oxidation sites excluding steroid dienone is 2. The van der Waals surface area contributed by atoms with Crippen molar-refractivity contribution in [3.63, 3.8) is 0 Å². The van der Waals surface area contributed by atoms with Gasteiger partial charge in [-0.05, 0) is 0 Å². The quantitative estimate of drug-likeness (QED) is 0.141. The van der Waals surface area contributed by atoms with E-state index in [9.17, 15) is 0 Å². The average Bonchev–Trinajstić information content (AvgIpc) is 3.73. The summed E-state index contributed by atoms with van der Waals surface area (Å²) in [6.07, 6.45) is 4.90. The van der Waals surface area contributed by atoms with Gasteiger partial charge in [-0.25, -0.2) is 0 Å². The van der Waals surface area contributed by atoms with Gasteiger partial charge in [-0.15, -0.1) is 0 Å². The number of fused-ring (bicyclic) bond motifs is 2. The van der Waals surface area contributed by atoms with Crippen LogP contribution in [0.2, 0.25) is 13.1 Å². The van der Waals surface area contributed by atoms with Gasteiger partial charge in [0.15, 0.2) is 0 Å². The third-order valence-corrected chi connectivity index (χ3v) is 63.2. The minimum absolute atomic E-state index is 0.0763. The fourth-order valence-corrected chi connectivity index (χ4v) is 39.5. The zero-order chi connectivity index (χ0) is 36.4. The van der Waals surface area contributed by atoms with Crippen molar-refractivity contribution in [3.8, 4) is 22.3 Å². The van der Waals surface area contributed by atoms with E-state index in [2.05, 4.69) is 186 Å². The fraction of sp³-hybridized carbons (Fsp3) is 0.167. The van der Waals surface area contributed by atoms with Crippen LogP contribution in [0.3, 0.4) is 0 Å². The number of rotatable bonds is 7. The third-order valence-electron chi connectivity index (χ3n) is 11.6. The van der Waals surface area contributed by atoms with Crippen LogP contribution in [0.5, 0.6) is 0 Å². The molecule has 0 N–H and O–H groups in total. The summed E-state index contributed by atoms with van der Waals surface area (Å²) in [6.45, 7) is 13.6. The summed E-state index contributed by atoms with van der Waals surface area (Å²) < 4.78 is -0.153.